The van der Waals surface area contributed by atoms with Crippen molar-refractivity contribution in [2.45, 2.75) is 52.0 Å². The number of nitrogens with one attached hydrogen (secondary N) is 1. The molecule has 2 atom stereocenters. The predicted octanol–water partition coefficient (Wildman–Crippen LogP) is 3.98. The lowest BCUT2D eigenvalue weighted by Crippen LogP contribution is -2.40. The van der Waals surface area contributed by atoms with Gasteiger partial charge in [-0.2, -0.15) is 0 Å². The van der Waals surface area contributed by atoms with Gasteiger partial charge in [-0.15, -0.1) is 0 Å². The first-order chi connectivity index (χ1) is 9.93. The van der Waals surface area contributed by atoms with Crippen molar-refractivity contribution in [3.63, 3.8) is 0 Å². The molecule has 1 fully saturated rings. The minimum atomic E-state index is 0.236. The molecule has 1 aromatic rings. The van der Waals surface area contributed by atoms with Crippen molar-refractivity contribution in [1.82, 2.24) is 10.2 Å². The van der Waals surface area contributed by atoms with Crippen LogP contribution in [0.25, 0.3) is 0 Å². The fraction of sp³-hybridized carbons (Fsp3) is 0.684. The molecule has 0 aliphatic carbocycles. The Morgan fingerprint density at radius 3 is 2.43 bits per heavy atom. The van der Waals surface area contributed by atoms with Gasteiger partial charge in [-0.25, -0.2) is 0 Å². The summed E-state index contributed by atoms with van der Waals surface area (Å²) in [7, 11) is 2.28. The molecule has 0 bridgehead atoms. The normalized spacial score (nSPS) is 24.2. The lowest BCUT2D eigenvalue weighted by Gasteiger charge is -2.40. The maximum absolute atomic E-state index is 3.55. The van der Waals surface area contributed by atoms with Gasteiger partial charge in [0, 0.05) is 6.04 Å². The van der Waals surface area contributed by atoms with E-state index in [2.05, 4.69) is 69.2 Å². The molecule has 1 aliphatic rings. The van der Waals surface area contributed by atoms with Crippen LogP contribution in [-0.4, -0.2) is 31.6 Å². The van der Waals surface area contributed by atoms with Gasteiger partial charge in [0.15, 0.2) is 0 Å². The van der Waals surface area contributed by atoms with E-state index in [1.54, 1.807) is 0 Å². The Hall–Kier alpha value is -0.860. The van der Waals surface area contributed by atoms with Crippen molar-refractivity contribution in [2.75, 3.05) is 26.7 Å². The first kappa shape index (κ1) is 16.5. The molecule has 2 heteroatoms. The van der Waals surface area contributed by atoms with E-state index in [4.69, 9.17) is 0 Å². The molecule has 0 saturated carbocycles. The van der Waals surface area contributed by atoms with Crippen LogP contribution < -0.4 is 5.32 Å². The van der Waals surface area contributed by atoms with Gasteiger partial charge in [-0.3, -0.25) is 4.90 Å². The SMILES string of the molecule is CCNCC1CCCN(C)C1c1ccc(C(C)(C)C)cc1. The minimum absolute atomic E-state index is 0.236. The van der Waals surface area contributed by atoms with Crippen molar-refractivity contribution in [3.8, 4) is 0 Å². The summed E-state index contributed by atoms with van der Waals surface area (Å²) >= 11 is 0. The largest absolute Gasteiger partial charge is 0.317 e. The van der Waals surface area contributed by atoms with E-state index < -0.39 is 0 Å². The summed E-state index contributed by atoms with van der Waals surface area (Å²) in [5.74, 6) is 0.726. The molecular weight excluding hydrogens is 256 g/mol. The standard InChI is InChI=1S/C19H32N2/c1-6-20-14-16-8-7-13-21(5)18(16)15-9-11-17(12-10-15)19(2,3)4/h9-12,16,18,20H,6-8,13-14H2,1-5H3. The molecule has 1 aromatic carbocycles. The average Bonchev–Trinajstić information content (AvgIpc) is 2.44. The fourth-order valence-electron chi connectivity index (χ4n) is 3.51. The highest BCUT2D eigenvalue weighted by Crippen LogP contribution is 2.35. The van der Waals surface area contributed by atoms with Gasteiger partial charge in [-0.05, 0) is 62.0 Å². The Morgan fingerprint density at radius 2 is 1.86 bits per heavy atom. The van der Waals surface area contributed by atoms with Crippen molar-refractivity contribution in [1.29, 1.82) is 0 Å². The van der Waals surface area contributed by atoms with E-state index in [9.17, 15) is 0 Å². The molecule has 0 radical (unpaired) electrons. The molecule has 1 heterocycles. The Labute approximate surface area is 130 Å². The van der Waals surface area contributed by atoms with E-state index >= 15 is 0 Å². The molecule has 0 amide bonds. The van der Waals surface area contributed by atoms with Gasteiger partial charge in [0.05, 0.1) is 0 Å². The Bertz CT molecular complexity index is 430. The van der Waals surface area contributed by atoms with Gasteiger partial charge in [0.25, 0.3) is 0 Å². The minimum Gasteiger partial charge on any atom is -0.317 e. The van der Waals surface area contributed by atoms with Gasteiger partial charge >= 0.3 is 0 Å². The molecule has 1 saturated heterocycles. The molecule has 1 N–H and O–H groups in total. The quantitative estimate of drug-likeness (QED) is 0.901. The summed E-state index contributed by atoms with van der Waals surface area (Å²) in [5.41, 5.74) is 3.14. The Morgan fingerprint density at radius 1 is 1.19 bits per heavy atom. The number of benzene rings is 1. The number of rotatable bonds is 4. The highest BCUT2D eigenvalue weighted by molar-refractivity contribution is 5.30. The van der Waals surface area contributed by atoms with Gasteiger partial charge in [0.2, 0.25) is 0 Å². The van der Waals surface area contributed by atoms with Crippen LogP contribution in [0.15, 0.2) is 24.3 Å². The molecule has 21 heavy (non-hydrogen) atoms. The lowest BCUT2D eigenvalue weighted by atomic mass is 9.82. The van der Waals surface area contributed by atoms with Crippen LogP contribution in [0, 0.1) is 5.92 Å². The monoisotopic (exact) mass is 288 g/mol. The zero-order valence-corrected chi connectivity index (χ0v) is 14.4. The van der Waals surface area contributed by atoms with Crippen LogP contribution in [0.1, 0.15) is 57.7 Å². The summed E-state index contributed by atoms with van der Waals surface area (Å²) in [6.07, 6.45) is 2.66. The highest BCUT2D eigenvalue weighted by Gasteiger charge is 2.30. The molecule has 0 aromatic heterocycles. The lowest BCUT2D eigenvalue weighted by molar-refractivity contribution is 0.120. The number of hydrogen-bond acceptors (Lipinski definition) is 2. The summed E-state index contributed by atoms with van der Waals surface area (Å²) in [5, 5.41) is 3.55. The maximum Gasteiger partial charge on any atom is 0.0385 e. The Kier molecular flexibility index (Phi) is 5.45. The summed E-state index contributed by atoms with van der Waals surface area (Å²) in [6, 6.07) is 9.91. The number of nitrogens with zero attached hydrogens (tertiary/aromatic N) is 1. The van der Waals surface area contributed by atoms with Crippen LogP contribution in [0.2, 0.25) is 0 Å². The van der Waals surface area contributed by atoms with Crippen molar-refractivity contribution >= 4 is 0 Å². The number of likely N-dealkylation sites (tertiary alicyclic amines) is 1. The molecule has 0 spiro atoms. The van der Waals surface area contributed by atoms with Crippen LogP contribution >= 0.6 is 0 Å². The topological polar surface area (TPSA) is 15.3 Å². The predicted molar refractivity (Wildman–Crippen MR) is 91.8 cm³/mol. The molecule has 2 unspecified atom stereocenters. The van der Waals surface area contributed by atoms with E-state index in [1.807, 2.05) is 0 Å². The first-order valence-corrected chi connectivity index (χ1v) is 8.45. The van der Waals surface area contributed by atoms with Crippen molar-refractivity contribution in [3.05, 3.63) is 35.4 Å². The third kappa shape index (κ3) is 4.08. The number of hydrogen-bond donors (Lipinski definition) is 1. The van der Waals surface area contributed by atoms with Crippen LogP contribution in [-0.2, 0) is 5.41 Å². The first-order valence-electron chi connectivity index (χ1n) is 8.45. The maximum atomic E-state index is 3.55. The smallest absolute Gasteiger partial charge is 0.0385 e. The van der Waals surface area contributed by atoms with Crippen molar-refractivity contribution in [2.24, 2.45) is 5.92 Å². The van der Waals surface area contributed by atoms with Crippen LogP contribution in [0.4, 0.5) is 0 Å². The van der Waals surface area contributed by atoms with Gasteiger partial charge in [-0.1, -0.05) is 52.0 Å². The Balaban J connectivity index is 2.19. The molecule has 1 aliphatic heterocycles. The molecule has 2 nitrogen and oxygen atoms in total. The van der Waals surface area contributed by atoms with E-state index in [1.165, 1.54) is 30.5 Å². The van der Waals surface area contributed by atoms with E-state index in [0.717, 1.165) is 19.0 Å². The molecule has 2 rings (SSSR count). The highest BCUT2D eigenvalue weighted by atomic mass is 15.1. The van der Waals surface area contributed by atoms with Gasteiger partial charge < -0.3 is 5.32 Å². The third-order valence-electron chi connectivity index (χ3n) is 4.78. The third-order valence-corrected chi connectivity index (χ3v) is 4.78. The summed E-state index contributed by atoms with van der Waals surface area (Å²) in [6.45, 7) is 12.4. The van der Waals surface area contributed by atoms with Crippen LogP contribution in [0.3, 0.4) is 0 Å². The second-order valence-electron chi connectivity index (χ2n) is 7.51. The van der Waals surface area contributed by atoms with E-state index in [-0.39, 0.29) is 5.41 Å². The zero-order valence-electron chi connectivity index (χ0n) is 14.4. The van der Waals surface area contributed by atoms with Crippen molar-refractivity contribution < 1.29 is 0 Å². The average molecular weight is 288 g/mol. The van der Waals surface area contributed by atoms with Crippen LogP contribution in [0.5, 0.6) is 0 Å². The molecule has 118 valence electrons. The zero-order chi connectivity index (χ0) is 15.5. The second-order valence-corrected chi connectivity index (χ2v) is 7.51. The second kappa shape index (κ2) is 6.93. The van der Waals surface area contributed by atoms with E-state index in [0.29, 0.717) is 6.04 Å². The molecular formula is C19H32N2. The fourth-order valence-corrected chi connectivity index (χ4v) is 3.51. The summed E-state index contributed by atoms with van der Waals surface area (Å²) < 4.78 is 0. The summed E-state index contributed by atoms with van der Waals surface area (Å²) in [4.78, 5) is 2.54. The van der Waals surface area contributed by atoms with Gasteiger partial charge in [0.1, 0.15) is 0 Å². The number of piperidine rings is 1.